The van der Waals surface area contributed by atoms with Crippen LogP contribution in [0.2, 0.25) is 10.0 Å². The van der Waals surface area contributed by atoms with Crippen LogP contribution in [-0.4, -0.2) is 93.1 Å². The first kappa shape index (κ1) is 31.7. The molecule has 182 valence electrons. The number of hydrogen-bond acceptors (Lipinski definition) is 6. The minimum atomic E-state index is -2.38. The molecule has 0 saturated carbocycles. The Morgan fingerprint density at radius 2 is 1.72 bits per heavy atom. The molecule has 0 saturated heterocycles. The molecule has 0 bridgehead atoms. The van der Waals surface area contributed by atoms with Gasteiger partial charge in [-0.25, -0.2) is 4.98 Å². The van der Waals surface area contributed by atoms with Gasteiger partial charge in [-0.05, 0) is 31.2 Å². The molecule has 0 unspecified atom stereocenters. The highest BCUT2D eigenvalue weighted by molar-refractivity contribution is 6.44. The summed E-state index contributed by atoms with van der Waals surface area (Å²) in [5.74, 6) is 0.219. The predicted molar refractivity (Wildman–Crippen MR) is 147 cm³/mol. The number of amides is 1. The van der Waals surface area contributed by atoms with Crippen LogP contribution in [0.1, 0.15) is 5.69 Å². The number of carbonyl (C=O) groups is 1. The number of nitrogens with one attached hydrogen (secondary N) is 3. The second-order valence-electron chi connectivity index (χ2n) is 7.56. The van der Waals surface area contributed by atoms with E-state index < -0.39 is 16.8 Å². The zero-order valence-electron chi connectivity index (χ0n) is 19.5. The van der Waals surface area contributed by atoms with Crippen LogP contribution in [0.4, 0.5) is 5.82 Å². The zero-order valence-corrected chi connectivity index (χ0v) is 21.0. The van der Waals surface area contributed by atoms with Crippen molar-refractivity contribution in [1.29, 1.82) is 0 Å². The van der Waals surface area contributed by atoms with Crippen molar-refractivity contribution in [2.24, 2.45) is 0 Å². The zero-order chi connectivity index (χ0) is 27.4. The number of halogens is 2. The van der Waals surface area contributed by atoms with Crippen molar-refractivity contribution in [3.63, 3.8) is 0 Å². The topological polar surface area (TPSA) is 130 Å². The molecule has 1 aromatic carbocycles. The number of aromatic nitrogens is 2. The maximum Gasteiger partial charge on any atom is 0.207 e. The first-order valence-corrected chi connectivity index (χ1v) is 11.2. The number of benzene rings is 1. The molecular formula is C22H24B4Cl2N4O4. The molecule has 3 aromatic rings. The quantitative estimate of drug-likeness (QED) is 0.148. The first-order chi connectivity index (χ1) is 16.8. The maximum atomic E-state index is 9.73. The van der Waals surface area contributed by atoms with Crippen LogP contribution < -0.4 is 10.6 Å². The third-order valence-electron chi connectivity index (χ3n) is 4.28. The second kappa shape index (κ2) is 15.0. The number of aryl methyl sites for hydroxylation is 1. The van der Waals surface area contributed by atoms with Crippen LogP contribution in [0.15, 0.2) is 54.9 Å². The van der Waals surface area contributed by atoms with Crippen molar-refractivity contribution < 1.29 is 20.1 Å². The molecule has 14 heteroatoms. The van der Waals surface area contributed by atoms with Crippen molar-refractivity contribution in [1.82, 2.24) is 15.3 Å². The number of carbonyl (C=O) groups excluding carboxylic acids is 1. The van der Waals surface area contributed by atoms with Crippen LogP contribution in [0.5, 0.6) is 0 Å². The lowest BCUT2D eigenvalue weighted by Crippen LogP contribution is -2.62. The average molecular weight is 523 g/mol. The van der Waals surface area contributed by atoms with Gasteiger partial charge < -0.3 is 30.9 Å². The van der Waals surface area contributed by atoms with Gasteiger partial charge in [0.25, 0.3) is 0 Å². The summed E-state index contributed by atoms with van der Waals surface area (Å²) in [5.41, 5.74) is 2.46. The van der Waals surface area contributed by atoms with E-state index in [0.29, 0.717) is 23.5 Å². The van der Waals surface area contributed by atoms with E-state index in [1.807, 2.05) is 43.3 Å². The highest BCUT2D eigenvalue weighted by Crippen LogP contribution is 2.30. The molecule has 6 N–H and O–H groups in total. The van der Waals surface area contributed by atoms with E-state index >= 15 is 0 Å². The van der Waals surface area contributed by atoms with Gasteiger partial charge >= 0.3 is 0 Å². The van der Waals surface area contributed by atoms with Gasteiger partial charge in [-0.1, -0.05) is 41.4 Å². The minimum absolute atomic E-state index is 0.0126. The number of H-pyrrole nitrogens is 1. The smallest absolute Gasteiger partial charge is 0.207 e. The summed E-state index contributed by atoms with van der Waals surface area (Å²) in [6.45, 7) is 2.27. The molecule has 0 fully saturated rings. The maximum absolute atomic E-state index is 9.73. The number of anilines is 1. The highest BCUT2D eigenvalue weighted by Gasteiger charge is 2.36. The summed E-state index contributed by atoms with van der Waals surface area (Å²) in [5, 5.41) is 28.8. The molecule has 3 rings (SSSR count). The van der Waals surface area contributed by atoms with Gasteiger partial charge in [-0.15, -0.1) is 0 Å². The fourth-order valence-corrected chi connectivity index (χ4v) is 3.05. The molecule has 2 aromatic heterocycles. The van der Waals surface area contributed by atoms with Gasteiger partial charge in [0.15, 0.2) is 0 Å². The molecule has 8 nitrogen and oxygen atoms in total. The van der Waals surface area contributed by atoms with Gasteiger partial charge in [0, 0.05) is 51.6 Å². The third kappa shape index (κ3) is 11.6. The Labute approximate surface area is 225 Å². The molecule has 8 radical (unpaired) electrons. The molecular weight excluding hydrogens is 498 g/mol. The van der Waals surface area contributed by atoms with Crippen LogP contribution in [0.3, 0.4) is 0 Å². The fourth-order valence-electron chi connectivity index (χ4n) is 2.69. The molecule has 2 heterocycles. The Bertz CT molecular complexity index is 1050. The summed E-state index contributed by atoms with van der Waals surface area (Å²) >= 11 is 11.7. The lowest BCUT2D eigenvalue weighted by molar-refractivity contribution is -0.109. The lowest BCUT2D eigenvalue weighted by Gasteiger charge is -2.41. The Hall–Kier alpha value is -2.36. The van der Waals surface area contributed by atoms with Crippen LogP contribution >= 0.6 is 23.2 Å². The number of pyridine rings is 1. The SMILES string of the molecule is Clc1ccccc1.O=CNCCO.[B]C([B])(O)C(Nc1cc(-c2c[nH]c(C)c2)c(Cl)cn1)C([B])([B])O. The normalized spacial score (nSPS) is 11.0. The van der Waals surface area contributed by atoms with Crippen LogP contribution in [0.25, 0.3) is 11.1 Å². The average Bonchev–Trinajstić information content (AvgIpc) is 3.23. The fraction of sp³-hybridized carbons (Fsp3) is 0.273. The molecule has 36 heavy (non-hydrogen) atoms. The van der Waals surface area contributed by atoms with Crippen molar-refractivity contribution in [3.05, 3.63) is 70.6 Å². The van der Waals surface area contributed by atoms with E-state index in [-0.39, 0.29) is 12.4 Å². The van der Waals surface area contributed by atoms with Gasteiger partial charge in [0.05, 0.1) is 17.7 Å². The van der Waals surface area contributed by atoms with E-state index in [2.05, 4.69) is 20.6 Å². The standard InChI is InChI=1S/C13H12B4ClN3O2.C6H5Cl.C3H7NO2/c1-6-2-7(4-19-6)8-3-10(20-5-9(8)18)21-11(12(14,15)22)13(16,17)23;7-6-4-2-1-3-5-6;5-2-1-4-3-6/h2-5,11,19,22-23H,1H3,(H,20,21);1-5H;3,5H,1-2H2,(H,4,6). The number of aliphatic hydroxyl groups is 3. The summed E-state index contributed by atoms with van der Waals surface area (Å²) in [6.07, 6.45) is 3.73. The Balaban J connectivity index is 0.000000406. The Morgan fingerprint density at radius 3 is 2.11 bits per heavy atom. The number of hydrogen-bond donors (Lipinski definition) is 6. The van der Waals surface area contributed by atoms with Gasteiger partial charge in [-0.3, -0.25) is 4.79 Å². The molecule has 1 amide bonds. The number of aliphatic hydroxyl groups excluding tert-OH is 1. The summed E-state index contributed by atoms with van der Waals surface area (Å²) < 4.78 is 0. The highest BCUT2D eigenvalue weighted by atomic mass is 35.5. The molecule has 0 atom stereocenters. The molecule has 0 aliphatic carbocycles. The van der Waals surface area contributed by atoms with Gasteiger partial charge in [0.2, 0.25) is 6.41 Å². The van der Waals surface area contributed by atoms with Crippen molar-refractivity contribution >= 4 is 66.8 Å². The first-order valence-electron chi connectivity index (χ1n) is 10.5. The number of aromatic amines is 1. The summed E-state index contributed by atoms with van der Waals surface area (Å²) in [4.78, 5) is 16.4. The van der Waals surface area contributed by atoms with Gasteiger partial charge in [0.1, 0.15) is 37.2 Å². The number of rotatable bonds is 8. The predicted octanol–water partition coefficient (Wildman–Crippen LogP) is 0.850. The minimum Gasteiger partial charge on any atom is -0.407 e. The van der Waals surface area contributed by atoms with E-state index in [9.17, 15) is 15.0 Å². The monoisotopic (exact) mass is 522 g/mol. The van der Waals surface area contributed by atoms with Crippen molar-refractivity contribution in [3.8, 4) is 11.1 Å². The summed E-state index contributed by atoms with van der Waals surface area (Å²) in [6, 6.07) is 11.4. The second-order valence-corrected chi connectivity index (χ2v) is 8.41. The Morgan fingerprint density at radius 1 is 1.11 bits per heavy atom. The van der Waals surface area contributed by atoms with E-state index in [4.69, 9.17) is 59.7 Å². The van der Waals surface area contributed by atoms with Crippen LogP contribution in [-0.2, 0) is 4.79 Å². The molecule has 0 aliphatic rings. The molecule has 0 spiro atoms. The van der Waals surface area contributed by atoms with Gasteiger partial charge in [-0.2, -0.15) is 0 Å². The van der Waals surface area contributed by atoms with E-state index in [1.54, 1.807) is 12.3 Å². The van der Waals surface area contributed by atoms with Crippen molar-refractivity contribution in [2.75, 3.05) is 18.5 Å². The van der Waals surface area contributed by atoms with E-state index in [0.717, 1.165) is 16.3 Å². The molecule has 0 aliphatic heterocycles. The number of nitrogens with zero attached hydrogens (tertiary/aromatic N) is 1. The van der Waals surface area contributed by atoms with Crippen LogP contribution in [0, 0.1) is 6.92 Å². The van der Waals surface area contributed by atoms with E-state index in [1.165, 1.54) is 6.20 Å². The summed E-state index contributed by atoms with van der Waals surface area (Å²) in [7, 11) is 21.6. The van der Waals surface area contributed by atoms with Crippen molar-refractivity contribution in [2.45, 2.75) is 23.8 Å². The Kier molecular flexibility index (Phi) is 13.2. The third-order valence-corrected chi connectivity index (χ3v) is 4.84. The lowest BCUT2D eigenvalue weighted by atomic mass is 9.48. The largest absolute Gasteiger partial charge is 0.407 e.